The molecule has 2 N–H and O–H groups in total. The Morgan fingerprint density at radius 3 is 2.53 bits per heavy atom. The molecule has 0 aliphatic carbocycles. The Balaban J connectivity index is 1.50. The summed E-state index contributed by atoms with van der Waals surface area (Å²) in [4.78, 5) is 37.8. The number of anilines is 1. The Morgan fingerprint density at radius 2 is 1.79 bits per heavy atom. The SMILES string of the molecule is CNC(=O)c1ncnc2c(C(C)[C@H](C)CNc3cc(-c4cnc(OC)nc4)ncn3)cccc12. The third-order valence-electron chi connectivity index (χ3n) is 5.86. The summed E-state index contributed by atoms with van der Waals surface area (Å²) in [6, 6.07) is 8.04. The van der Waals surface area contributed by atoms with Crippen LogP contribution in [0.3, 0.4) is 0 Å². The largest absolute Gasteiger partial charge is 0.467 e. The Bertz CT molecular complexity index is 1300. The van der Waals surface area contributed by atoms with Crippen molar-refractivity contribution >= 4 is 22.6 Å². The van der Waals surface area contributed by atoms with Crippen molar-refractivity contribution in [1.82, 2.24) is 35.2 Å². The Morgan fingerprint density at radius 1 is 1.03 bits per heavy atom. The molecule has 174 valence electrons. The smallest absolute Gasteiger partial charge is 0.316 e. The summed E-state index contributed by atoms with van der Waals surface area (Å²) >= 11 is 0. The maximum absolute atomic E-state index is 12.2. The summed E-state index contributed by atoms with van der Waals surface area (Å²) in [6.07, 6.45) is 6.28. The van der Waals surface area contributed by atoms with Crippen LogP contribution in [0.4, 0.5) is 5.82 Å². The average molecular weight is 459 g/mol. The molecule has 0 aliphatic heterocycles. The van der Waals surface area contributed by atoms with Gasteiger partial charge in [0, 0.05) is 43.0 Å². The van der Waals surface area contributed by atoms with Crippen molar-refractivity contribution in [3.8, 4) is 17.3 Å². The Labute approximate surface area is 197 Å². The number of ether oxygens (including phenoxy) is 1. The number of carbonyl (C=O) groups excluding carboxylic acids is 1. The third-order valence-corrected chi connectivity index (χ3v) is 5.86. The van der Waals surface area contributed by atoms with Crippen LogP contribution in [0.2, 0.25) is 0 Å². The molecule has 3 aromatic heterocycles. The van der Waals surface area contributed by atoms with Crippen LogP contribution in [-0.2, 0) is 0 Å². The van der Waals surface area contributed by atoms with Gasteiger partial charge < -0.3 is 15.4 Å². The molecule has 1 aromatic carbocycles. The van der Waals surface area contributed by atoms with Crippen LogP contribution in [-0.4, -0.2) is 56.5 Å². The number of methoxy groups -OCH3 is 1. The van der Waals surface area contributed by atoms with Gasteiger partial charge in [-0.3, -0.25) is 4.79 Å². The maximum atomic E-state index is 12.2. The van der Waals surface area contributed by atoms with E-state index in [1.807, 2.05) is 18.2 Å². The van der Waals surface area contributed by atoms with Gasteiger partial charge in [0.2, 0.25) is 0 Å². The molecule has 10 nitrogen and oxygen atoms in total. The number of nitrogens with zero attached hydrogens (tertiary/aromatic N) is 6. The predicted molar refractivity (Wildman–Crippen MR) is 129 cm³/mol. The van der Waals surface area contributed by atoms with Crippen LogP contribution in [0, 0.1) is 5.92 Å². The van der Waals surface area contributed by atoms with Crippen molar-refractivity contribution in [3.63, 3.8) is 0 Å². The lowest BCUT2D eigenvalue weighted by molar-refractivity contribution is 0.0960. The van der Waals surface area contributed by atoms with Gasteiger partial charge in [-0.25, -0.2) is 29.9 Å². The van der Waals surface area contributed by atoms with E-state index < -0.39 is 0 Å². The molecular weight excluding hydrogens is 432 g/mol. The summed E-state index contributed by atoms with van der Waals surface area (Å²) in [6.45, 7) is 5.00. The van der Waals surface area contributed by atoms with Crippen LogP contribution in [0.1, 0.15) is 35.8 Å². The predicted octanol–water partition coefficient (Wildman–Crippen LogP) is 3.10. The van der Waals surface area contributed by atoms with Gasteiger partial charge in [-0.1, -0.05) is 32.0 Å². The van der Waals surface area contributed by atoms with Crippen LogP contribution in [0.25, 0.3) is 22.2 Å². The van der Waals surface area contributed by atoms with Gasteiger partial charge in [-0.2, -0.15) is 0 Å². The van der Waals surface area contributed by atoms with E-state index in [0.29, 0.717) is 29.8 Å². The molecule has 1 amide bonds. The van der Waals surface area contributed by atoms with Gasteiger partial charge in [-0.15, -0.1) is 0 Å². The van der Waals surface area contributed by atoms with E-state index >= 15 is 0 Å². The summed E-state index contributed by atoms with van der Waals surface area (Å²) in [5.74, 6) is 0.891. The van der Waals surface area contributed by atoms with Crippen LogP contribution in [0.15, 0.2) is 49.3 Å². The molecule has 0 radical (unpaired) electrons. The number of benzene rings is 1. The van der Waals surface area contributed by atoms with Gasteiger partial charge in [0.25, 0.3) is 5.91 Å². The second kappa shape index (κ2) is 10.2. The molecule has 3 heterocycles. The first-order valence-electron chi connectivity index (χ1n) is 10.9. The fourth-order valence-electron chi connectivity index (χ4n) is 3.69. The molecule has 0 bridgehead atoms. The molecule has 0 fully saturated rings. The second-order valence-corrected chi connectivity index (χ2v) is 7.94. The first kappa shape index (κ1) is 23.0. The summed E-state index contributed by atoms with van der Waals surface area (Å²) in [7, 11) is 3.12. The highest BCUT2D eigenvalue weighted by Crippen LogP contribution is 2.30. The molecule has 0 saturated heterocycles. The average Bonchev–Trinajstić information content (AvgIpc) is 2.90. The zero-order valence-electron chi connectivity index (χ0n) is 19.5. The highest BCUT2D eigenvalue weighted by atomic mass is 16.5. The quantitative estimate of drug-likeness (QED) is 0.409. The van der Waals surface area contributed by atoms with Crippen molar-refractivity contribution in [3.05, 3.63) is 60.6 Å². The first-order chi connectivity index (χ1) is 16.5. The van der Waals surface area contributed by atoms with Gasteiger partial charge in [-0.05, 0) is 17.4 Å². The molecule has 4 rings (SSSR count). The zero-order valence-corrected chi connectivity index (χ0v) is 19.5. The van der Waals surface area contributed by atoms with E-state index in [4.69, 9.17) is 4.74 Å². The molecule has 0 aliphatic rings. The minimum atomic E-state index is -0.228. The van der Waals surface area contributed by atoms with Gasteiger partial charge >= 0.3 is 6.01 Å². The van der Waals surface area contributed by atoms with Crippen molar-refractivity contribution in [1.29, 1.82) is 0 Å². The van der Waals surface area contributed by atoms with E-state index in [-0.39, 0.29) is 17.7 Å². The molecule has 0 spiro atoms. The normalized spacial score (nSPS) is 12.7. The van der Waals surface area contributed by atoms with Crippen molar-refractivity contribution in [2.24, 2.45) is 5.92 Å². The second-order valence-electron chi connectivity index (χ2n) is 7.94. The van der Waals surface area contributed by atoms with Crippen LogP contribution < -0.4 is 15.4 Å². The van der Waals surface area contributed by atoms with E-state index in [9.17, 15) is 4.79 Å². The molecule has 34 heavy (non-hydrogen) atoms. The first-order valence-corrected chi connectivity index (χ1v) is 10.9. The topological polar surface area (TPSA) is 128 Å². The lowest BCUT2D eigenvalue weighted by Crippen LogP contribution is -2.20. The van der Waals surface area contributed by atoms with E-state index in [1.165, 1.54) is 19.8 Å². The third kappa shape index (κ3) is 4.75. The molecule has 0 saturated carbocycles. The fraction of sp³-hybridized carbons (Fsp3) is 0.292. The monoisotopic (exact) mass is 458 g/mol. The molecular formula is C24H26N8O2. The summed E-state index contributed by atoms with van der Waals surface area (Å²) in [5, 5.41) is 6.79. The standard InChI is InChI=1S/C24H26N8O2/c1-14(9-26-20-8-19(29-12-30-20)16-10-27-24(34-4)28-11-16)15(2)17-6-5-7-18-21(17)31-13-32-22(18)23(33)25-3/h5-8,10-15H,9H2,1-4H3,(H,25,33)(H,26,29,30)/t14-,15?/m1/s1. The van der Waals surface area contributed by atoms with E-state index in [1.54, 1.807) is 19.4 Å². The lowest BCUT2D eigenvalue weighted by atomic mass is 9.87. The molecule has 10 heteroatoms. The number of amides is 1. The van der Waals surface area contributed by atoms with Crippen LogP contribution in [0.5, 0.6) is 6.01 Å². The maximum Gasteiger partial charge on any atom is 0.316 e. The number of fused-ring (bicyclic) bond motifs is 1. The van der Waals surface area contributed by atoms with E-state index in [2.05, 4.69) is 60.5 Å². The van der Waals surface area contributed by atoms with Gasteiger partial charge in [0.15, 0.2) is 0 Å². The zero-order chi connectivity index (χ0) is 24.1. The Hall–Kier alpha value is -4.21. The number of rotatable bonds is 8. The molecule has 4 aromatic rings. The summed E-state index contributed by atoms with van der Waals surface area (Å²) in [5.41, 5.74) is 3.73. The minimum Gasteiger partial charge on any atom is -0.467 e. The fourth-order valence-corrected chi connectivity index (χ4v) is 3.69. The number of nitrogens with one attached hydrogen (secondary N) is 2. The highest BCUT2D eigenvalue weighted by molar-refractivity contribution is 6.04. The lowest BCUT2D eigenvalue weighted by Gasteiger charge is -2.22. The number of para-hydroxylation sites is 1. The van der Waals surface area contributed by atoms with E-state index in [0.717, 1.165) is 22.0 Å². The number of hydrogen-bond donors (Lipinski definition) is 2. The van der Waals surface area contributed by atoms with Crippen molar-refractivity contribution in [2.45, 2.75) is 19.8 Å². The minimum absolute atomic E-state index is 0.167. The van der Waals surface area contributed by atoms with Crippen molar-refractivity contribution < 1.29 is 9.53 Å². The number of hydrogen-bond acceptors (Lipinski definition) is 9. The summed E-state index contributed by atoms with van der Waals surface area (Å²) < 4.78 is 5.01. The Kier molecular flexibility index (Phi) is 6.86. The molecule has 2 atom stereocenters. The van der Waals surface area contributed by atoms with Crippen molar-refractivity contribution in [2.75, 3.05) is 26.0 Å². The van der Waals surface area contributed by atoms with Crippen LogP contribution >= 0.6 is 0 Å². The van der Waals surface area contributed by atoms with Gasteiger partial charge in [0.1, 0.15) is 24.2 Å². The molecule has 1 unspecified atom stereocenters. The van der Waals surface area contributed by atoms with Gasteiger partial charge in [0.05, 0.1) is 18.3 Å². The number of aromatic nitrogens is 6. The number of carbonyl (C=O) groups is 1. The highest BCUT2D eigenvalue weighted by Gasteiger charge is 2.20.